The maximum atomic E-state index is 12.7. The van der Waals surface area contributed by atoms with Crippen molar-refractivity contribution in [3.05, 3.63) is 46.2 Å². The fraction of sp³-hybridized carbons (Fsp3) is 0.333. The average molecular weight is 363 g/mol. The molecule has 2 aromatic rings. The lowest BCUT2D eigenvalue weighted by atomic mass is 10.0. The highest BCUT2D eigenvalue weighted by molar-refractivity contribution is 7.08. The van der Waals surface area contributed by atoms with Gasteiger partial charge in [0.1, 0.15) is 11.5 Å². The minimum atomic E-state index is -0.591. The average Bonchev–Trinajstić information content (AvgIpc) is 3.05. The predicted molar refractivity (Wildman–Crippen MR) is 95.6 cm³/mol. The first-order valence-electron chi connectivity index (χ1n) is 7.63. The molecule has 6 nitrogen and oxygen atoms in total. The van der Waals surface area contributed by atoms with E-state index in [1.165, 1.54) is 24.5 Å². The molecule has 0 aliphatic heterocycles. The van der Waals surface area contributed by atoms with Crippen molar-refractivity contribution in [3.8, 4) is 11.5 Å². The molecular weight excluding hydrogens is 342 g/mol. The van der Waals surface area contributed by atoms with Gasteiger partial charge in [-0.1, -0.05) is 0 Å². The molecule has 0 spiro atoms. The van der Waals surface area contributed by atoms with Crippen LogP contribution < -0.4 is 14.8 Å². The fourth-order valence-corrected chi connectivity index (χ4v) is 2.62. The summed E-state index contributed by atoms with van der Waals surface area (Å²) < 4.78 is 15.6. The van der Waals surface area contributed by atoms with Crippen LogP contribution in [0.2, 0.25) is 0 Å². The number of carbonyl (C=O) groups is 2. The van der Waals surface area contributed by atoms with Crippen LogP contribution in [0.25, 0.3) is 0 Å². The zero-order valence-corrected chi connectivity index (χ0v) is 15.4. The Labute approximate surface area is 150 Å². The van der Waals surface area contributed by atoms with E-state index in [4.69, 9.17) is 14.2 Å². The van der Waals surface area contributed by atoms with E-state index in [-0.39, 0.29) is 18.3 Å². The van der Waals surface area contributed by atoms with Crippen molar-refractivity contribution >= 4 is 23.2 Å². The third kappa shape index (κ3) is 5.58. The van der Waals surface area contributed by atoms with E-state index < -0.39 is 11.6 Å². The van der Waals surface area contributed by atoms with Crippen LogP contribution >= 0.6 is 11.3 Å². The van der Waals surface area contributed by atoms with Crippen LogP contribution in [-0.2, 0) is 4.74 Å². The van der Waals surface area contributed by atoms with E-state index in [0.717, 1.165) is 0 Å². The zero-order chi connectivity index (χ0) is 18.4. The summed E-state index contributed by atoms with van der Waals surface area (Å²) in [6.45, 7) is 5.55. The summed E-state index contributed by atoms with van der Waals surface area (Å²) in [6.07, 6.45) is -0.591. The molecule has 0 aliphatic carbocycles. The molecule has 0 saturated carbocycles. The molecule has 0 bridgehead atoms. The van der Waals surface area contributed by atoms with Crippen LogP contribution in [0.15, 0.2) is 35.0 Å². The number of ether oxygens (including phenoxy) is 3. The SMILES string of the molecule is COCOc1ccc(OC(=O)NC(C)(C)C)cc1C(=O)c1ccsc1. The quantitative estimate of drug-likeness (QED) is 0.623. The van der Waals surface area contributed by atoms with E-state index in [9.17, 15) is 9.59 Å². The number of ketones is 1. The molecule has 1 heterocycles. The first kappa shape index (κ1) is 19.0. The number of hydrogen-bond donors (Lipinski definition) is 1. The number of amides is 1. The summed E-state index contributed by atoms with van der Waals surface area (Å²) in [6, 6.07) is 6.37. The molecule has 0 radical (unpaired) electrons. The van der Waals surface area contributed by atoms with Crippen LogP contribution in [0, 0.1) is 0 Å². The van der Waals surface area contributed by atoms with Crippen LogP contribution in [0.1, 0.15) is 36.7 Å². The third-order valence-electron chi connectivity index (χ3n) is 3.00. The van der Waals surface area contributed by atoms with Crippen molar-refractivity contribution < 1.29 is 23.8 Å². The molecule has 0 atom stereocenters. The Morgan fingerprint density at radius 3 is 2.56 bits per heavy atom. The van der Waals surface area contributed by atoms with Crippen molar-refractivity contribution in [1.29, 1.82) is 0 Å². The number of rotatable bonds is 6. The zero-order valence-electron chi connectivity index (χ0n) is 14.6. The number of benzene rings is 1. The van der Waals surface area contributed by atoms with Crippen molar-refractivity contribution in [1.82, 2.24) is 5.32 Å². The maximum Gasteiger partial charge on any atom is 0.413 e. The lowest BCUT2D eigenvalue weighted by Gasteiger charge is -2.20. The van der Waals surface area contributed by atoms with Gasteiger partial charge in [-0.3, -0.25) is 4.79 Å². The van der Waals surface area contributed by atoms with Gasteiger partial charge in [0.25, 0.3) is 0 Å². The van der Waals surface area contributed by atoms with Crippen LogP contribution in [-0.4, -0.2) is 31.3 Å². The molecule has 7 heteroatoms. The lowest BCUT2D eigenvalue weighted by Crippen LogP contribution is -2.42. The molecular formula is C18H21NO5S. The van der Waals surface area contributed by atoms with Crippen molar-refractivity contribution in [2.75, 3.05) is 13.9 Å². The summed E-state index contributed by atoms with van der Waals surface area (Å²) in [5.74, 6) is 0.403. The molecule has 0 unspecified atom stereocenters. The first-order chi connectivity index (χ1) is 11.8. The van der Waals surface area contributed by atoms with Gasteiger partial charge in [0.05, 0.1) is 5.56 Å². The number of carbonyl (C=O) groups excluding carboxylic acids is 2. The summed E-state index contributed by atoms with van der Waals surface area (Å²) >= 11 is 1.43. The van der Waals surface area contributed by atoms with E-state index in [0.29, 0.717) is 16.9 Å². The lowest BCUT2D eigenvalue weighted by molar-refractivity contribution is 0.0503. The smallest absolute Gasteiger partial charge is 0.413 e. The first-order valence-corrected chi connectivity index (χ1v) is 8.57. The second-order valence-electron chi connectivity index (χ2n) is 6.31. The number of thiophene rings is 1. The molecule has 25 heavy (non-hydrogen) atoms. The molecule has 1 aromatic heterocycles. The van der Waals surface area contributed by atoms with Crippen molar-refractivity contribution in [2.45, 2.75) is 26.3 Å². The minimum Gasteiger partial charge on any atom is -0.467 e. The molecule has 1 amide bonds. The number of hydrogen-bond acceptors (Lipinski definition) is 6. The van der Waals surface area contributed by atoms with Gasteiger partial charge in [-0.15, -0.1) is 0 Å². The van der Waals surface area contributed by atoms with Crippen LogP contribution in [0.3, 0.4) is 0 Å². The Hall–Kier alpha value is -2.38. The van der Waals surface area contributed by atoms with Crippen LogP contribution in [0.5, 0.6) is 11.5 Å². The molecule has 0 saturated heterocycles. The van der Waals surface area contributed by atoms with E-state index >= 15 is 0 Å². The van der Waals surface area contributed by atoms with E-state index in [1.54, 1.807) is 23.6 Å². The number of methoxy groups -OCH3 is 1. The highest BCUT2D eigenvalue weighted by atomic mass is 32.1. The van der Waals surface area contributed by atoms with Crippen LogP contribution in [0.4, 0.5) is 4.79 Å². The third-order valence-corrected chi connectivity index (χ3v) is 3.68. The largest absolute Gasteiger partial charge is 0.467 e. The van der Waals surface area contributed by atoms with Gasteiger partial charge in [-0.05, 0) is 50.4 Å². The van der Waals surface area contributed by atoms with Crippen molar-refractivity contribution in [3.63, 3.8) is 0 Å². The highest BCUT2D eigenvalue weighted by Gasteiger charge is 2.19. The Morgan fingerprint density at radius 1 is 1.20 bits per heavy atom. The maximum absolute atomic E-state index is 12.7. The Kier molecular flexibility index (Phi) is 6.17. The standard InChI is InChI=1S/C18H21NO5S/c1-18(2,3)19-17(21)24-13-5-6-15(23-11-22-4)14(9-13)16(20)12-7-8-25-10-12/h5-10H,11H2,1-4H3,(H,19,21). The molecule has 134 valence electrons. The van der Waals surface area contributed by atoms with Gasteiger partial charge in [-0.25, -0.2) is 4.79 Å². The Balaban J connectivity index is 2.27. The van der Waals surface area contributed by atoms with Gasteiger partial charge >= 0.3 is 6.09 Å². The Bertz CT molecular complexity index is 734. The van der Waals surface area contributed by atoms with E-state index in [1.807, 2.05) is 26.2 Å². The molecule has 1 aromatic carbocycles. The van der Waals surface area contributed by atoms with Crippen molar-refractivity contribution in [2.24, 2.45) is 0 Å². The normalized spacial score (nSPS) is 11.0. The van der Waals surface area contributed by atoms with Gasteiger partial charge in [0, 0.05) is 23.6 Å². The fourth-order valence-electron chi connectivity index (χ4n) is 1.99. The summed E-state index contributed by atoms with van der Waals surface area (Å²) in [5, 5.41) is 6.27. The number of nitrogens with one attached hydrogen (secondary N) is 1. The monoisotopic (exact) mass is 363 g/mol. The second-order valence-corrected chi connectivity index (χ2v) is 7.09. The molecule has 0 aliphatic rings. The van der Waals surface area contributed by atoms with Gasteiger partial charge in [-0.2, -0.15) is 11.3 Å². The Morgan fingerprint density at radius 2 is 1.96 bits per heavy atom. The summed E-state index contributed by atoms with van der Waals surface area (Å²) in [4.78, 5) is 24.6. The topological polar surface area (TPSA) is 73.9 Å². The minimum absolute atomic E-state index is 0.00856. The molecule has 1 N–H and O–H groups in total. The predicted octanol–water partition coefficient (Wildman–Crippen LogP) is 3.85. The summed E-state index contributed by atoms with van der Waals surface area (Å²) in [5.41, 5.74) is 0.425. The van der Waals surface area contributed by atoms with Gasteiger partial charge < -0.3 is 19.5 Å². The molecule has 0 fully saturated rings. The van der Waals surface area contributed by atoms with E-state index in [2.05, 4.69) is 5.32 Å². The van der Waals surface area contributed by atoms with Gasteiger partial charge in [0.2, 0.25) is 0 Å². The van der Waals surface area contributed by atoms with Gasteiger partial charge in [0.15, 0.2) is 12.6 Å². The molecule has 2 rings (SSSR count). The summed E-state index contributed by atoms with van der Waals surface area (Å²) in [7, 11) is 1.49. The second kappa shape index (κ2) is 8.13. The highest BCUT2D eigenvalue weighted by Crippen LogP contribution is 2.27.